The van der Waals surface area contributed by atoms with Crippen molar-refractivity contribution in [3.05, 3.63) is 34.3 Å². The van der Waals surface area contributed by atoms with Gasteiger partial charge in [-0.2, -0.15) is 0 Å². The summed E-state index contributed by atoms with van der Waals surface area (Å²) in [5.74, 6) is 0.672. The van der Waals surface area contributed by atoms with Gasteiger partial charge in [0.25, 0.3) is 0 Å². The molecule has 1 unspecified atom stereocenters. The lowest BCUT2D eigenvalue weighted by atomic mass is 9.75. The average molecular weight is 328 g/mol. The number of hydrogen-bond acceptors (Lipinski definition) is 3. The average Bonchev–Trinajstić information content (AvgIpc) is 2.34. The third-order valence-electron chi connectivity index (χ3n) is 3.83. The van der Waals surface area contributed by atoms with E-state index in [2.05, 4.69) is 52.4 Å². The van der Waals surface area contributed by atoms with Crippen molar-refractivity contribution in [2.75, 3.05) is 14.2 Å². The van der Waals surface area contributed by atoms with Gasteiger partial charge in [-0.05, 0) is 43.4 Å². The summed E-state index contributed by atoms with van der Waals surface area (Å²) >= 11 is 3.53. The molecule has 1 aromatic rings. The smallest absolute Gasteiger partial charge is 0.171 e. The summed E-state index contributed by atoms with van der Waals surface area (Å²) in [7, 11) is 3.36. The van der Waals surface area contributed by atoms with Crippen molar-refractivity contribution in [2.24, 2.45) is 0 Å². The van der Waals surface area contributed by atoms with Crippen molar-refractivity contribution in [1.29, 1.82) is 0 Å². The zero-order valence-electron chi connectivity index (χ0n) is 11.7. The zero-order valence-corrected chi connectivity index (χ0v) is 13.3. The highest BCUT2D eigenvalue weighted by molar-refractivity contribution is 9.10. The first kappa shape index (κ1) is 15.0. The van der Waals surface area contributed by atoms with Crippen LogP contribution in [0.1, 0.15) is 31.2 Å². The molecule has 0 aliphatic heterocycles. The van der Waals surface area contributed by atoms with Gasteiger partial charge in [0, 0.05) is 24.7 Å². The van der Waals surface area contributed by atoms with Gasteiger partial charge in [-0.1, -0.05) is 28.1 Å². The Morgan fingerprint density at radius 3 is 2.53 bits per heavy atom. The maximum Gasteiger partial charge on any atom is 0.171 e. The fourth-order valence-corrected chi connectivity index (χ4v) is 3.16. The van der Waals surface area contributed by atoms with Crippen LogP contribution in [-0.2, 0) is 9.47 Å². The lowest BCUT2D eigenvalue weighted by Crippen LogP contribution is -2.49. The first-order valence-corrected chi connectivity index (χ1v) is 7.50. The zero-order chi connectivity index (χ0) is 13.8. The highest BCUT2D eigenvalue weighted by Crippen LogP contribution is 2.37. The van der Waals surface area contributed by atoms with Crippen LogP contribution >= 0.6 is 15.9 Å². The Morgan fingerprint density at radius 2 is 1.95 bits per heavy atom. The molecule has 1 aliphatic carbocycles. The first-order valence-electron chi connectivity index (χ1n) is 6.71. The second-order valence-corrected chi connectivity index (χ2v) is 6.13. The van der Waals surface area contributed by atoms with Crippen molar-refractivity contribution in [1.82, 2.24) is 5.32 Å². The number of ether oxygens (including phenoxy) is 2. The van der Waals surface area contributed by atoms with Gasteiger partial charge in [0.1, 0.15) is 0 Å². The number of nitrogens with one attached hydrogen (secondary N) is 1. The molecule has 0 radical (unpaired) electrons. The van der Waals surface area contributed by atoms with Gasteiger partial charge >= 0.3 is 0 Å². The van der Waals surface area contributed by atoms with Gasteiger partial charge in [-0.3, -0.25) is 0 Å². The number of halogens is 1. The van der Waals surface area contributed by atoms with E-state index in [1.807, 2.05) is 0 Å². The molecule has 0 heterocycles. The predicted molar refractivity (Wildman–Crippen MR) is 80.3 cm³/mol. The van der Waals surface area contributed by atoms with Crippen LogP contribution in [0.25, 0.3) is 0 Å². The van der Waals surface area contributed by atoms with E-state index in [0.717, 1.165) is 4.47 Å². The molecule has 0 amide bonds. The minimum atomic E-state index is -0.176. The molecule has 3 nitrogen and oxygen atoms in total. The Kier molecular flexibility index (Phi) is 5.39. The molecule has 1 aliphatic rings. The van der Waals surface area contributed by atoms with E-state index in [1.54, 1.807) is 14.2 Å². The summed E-state index contributed by atoms with van der Waals surface area (Å²) in [6, 6.07) is 9.38. The van der Waals surface area contributed by atoms with Crippen LogP contribution in [0, 0.1) is 0 Å². The van der Waals surface area contributed by atoms with Gasteiger partial charge in [-0.25, -0.2) is 0 Å². The number of hydrogen-bond donors (Lipinski definition) is 1. The molecule has 0 aromatic heterocycles. The fraction of sp³-hybridized carbons (Fsp3) is 0.600. The first-order chi connectivity index (χ1) is 9.13. The number of benzene rings is 1. The summed E-state index contributed by atoms with van der Waals surface area (Å²) < 4.78 is 11.7. The van der Waals surface area contributed by atoms with Crippen LogP contribution < -0.4 is 5.32 Å². The lowest BCUT2D eigenvalue weighted by Gasteiger charge is -2.39. The molecular formula is C15H22BrNO2. The maximum absolute atomic E-state index is 5.27. The second kappa shape index (κ2) is 6.84. The normalized spacial score (nSPS) is 24.3. The van der Waals surface area contributed by atoms with Crippen LogP contribution in [0.3, 0.4) is 0 Å². The SMILES string of the molecule is COC(OC)C(C)NC1CC(c2cccc(Br)c2)C1. The van der Waals surface area contributed by atoms with Crippen LogP contribution in [0.2, 0.25) is 0 Å². The minimum Gasteiger partial charge on any atom is -0.354 e. The molecule has 1 aromatic carbocycles. The van der Waals surface area contributed by atoms with Gasteiger partial charge in [0.15, 0.2) is 6.29 Å². The van der Waals surface area contributed by atoms with E-state index >= 15 is 0 Å². The Bertz CT molecular complexity index is 403. The molecule has 2 rings (SSSR count). The molecule has 4 heteroatoms. The molecule has 1 saturated carbocycles. The Morgan fingerprint density at radius 1 is 1.26 bits per heavy atom. The fourth-order valence-electron chi connectivity index (χ4n) is 2.74. The Balaban J connectivity index is 1.80. The summed E-state index contributed by atoms with van der Waals surface area (Å²) in [6.45, 7) is 2.10. The van der Waals surface area contributed by atoms with E-state index in [1.165, 1.54) is 18.4 Å². The Hall–Kier alpha value is -0.420. The highest BCUT2D eigenvalue weighted by atomic mass is 79.9. The van der Waals surface area contributed by atoms with Crippen molar-refractivity contribution < 1.29 is 9.47 Å². The molecule has 1 N–H and O–H groups in total. The van der Waals surface area contributed by atoms with E-state index in [0.29, 0.717) is 12.0 Å². The monoisotopic (exact) mass is 327 g/mol. The van der Waals surface area contributed by atoms with E-state index in [9.17, 15) is 0 Å². The van der Waals surface area contributed by atoms with E-state index in [4.69, 9.17) is 9.47 Å². The number of rotatable bonds is 6. The highest BCUT2D eigenvalue weighted by Gasteiger charge is 2.32. The van der Waals surface area contributed by atoms with Crippen molar-refractivity contribution in [3.63, 3.8) is 0 Å². The van der Waals surface area contributed by atoms with Crippen LogP contribution in [0.4, 0.5) is 0 Å². The number of methoxy groups -OCH3 is 2. The lowest BCUT2D eigenvalue weighted by molar-refractivity contribution is -0.122. The van der Waals surface area contributed by atoms with Crippen LogP contribution in [0.5, 0.6) is 0 Å². The standard InChI is InChI=1S/C15H22BrNO2/c1-10(15(18-2)19-3)17-14-8-12(9-14)11-5-4-6-13(16)7-11/h4-7,10,12,14-15,17H,8-9H2,1-3H3. The van der Waals surface area contributed by atoms with Crippen LogP contribution in [0.15, 0.2) is 28.7 Å². The molecule has 19 heavy (non-hydrogen) atoms. The summed E-state index contributed by atoms with van der Waals surface area (Å²) in [5, 5.41) is 3.57. The molecule has 106 valence electrons. The second-order valence-electron chi connectivity index (χ2n) is 5.22. The van der Waals surface area contributed by atoms with E-state index < -0.39 is 0 Å². The molecule has 0 saturated heterocycles. The van der Waals surface area contributed by atoms with E-state index in [-0.39, 0.29) is 12.3 Å². The summed E-state index contributed by atoms with van der Waals surface area (Å²) in [4.78, 5) is 0. The van der Waals surface area contributed by atoms with Gasteiger partial charge in [0.2, 0.25) is 0 Å². The molecule has 0 bridgehead atoms. The van der Waals surface area contributed by atoms with Gasteiger partial charge in [-0.15, -0.1) is 0 Å². The van der Waals surface area contributed by atoms with Crippen molar-refractivity contribution in [3.8, 4) is 0 Å². The quantitative estimate of drug-likeness (QED) is 0.813. The van der Waals surface area contributed by atoms with Crippen molar-refractivity contribution >= 4 is 15.9 Å². The maximum atomic E-state index is 5.27. The molecule has 1 fully saturated rings. The minimum absolute atomic E-state index is 0.176. The third-order valence-corrected chi connectivity index (χ3v) is 4.32. The largest absolute Gasteiger partial charge is 0.354 e. The third kappa shape index (κ3) is 3.78. The van der Waals surface area contributed by atoms with Gasteiger partial charge in [0.05, 0.1) is 6.04 Å². The molecule has 0 spiro atoms. The Labute approximate surface area is 123 Å². The predicted octanol–water partition coefficient (Wildman–Crippen LogP) is 3.29. The molecular weight excluding hydrogens is 306 g/mol. The summed E-state index contributed by atoms with van der Waals surface area (Å²) in [6.07, 6.45) is 2.19. The van der Waals surface area contributed by atoms with Crippen molar-refractivity contribution in [2.45, 2.75) is 44.1 Å². The molecule has 1 atom stereocenters. The summed E-state index contributed by atoms with van der Waals surface area (Å²) in [5.41, 5.74) is 1.43. The topological polar surface area (TPSA) is 30.5 Å². The van der Waals surface area contributed by atoms with Crippen LogP contribution in [-0.4, -0.2) is 32.6 Å². The van der Waals surface area contributed by atoms with Gasteiger partial charge < -0.3 is 14.8 Å².